The molecule has 0 aromatic heterocycles. The van der Waals surface area contributed by atoms with Gasteiger partial charge in [-0.05, 0) is 47.6 Å². The lowest BCUT2D eigenvalue weighted by atomic mass is 10.3. The summed E-state index contributed by atoms with van der Waals surface area (Å²) in [5.41, 5.74) is -0.313. The van der Waals surface area contributed by atoms with Crippen molar-refractivity contribution in [3.63, 3.8) is 0 Å². The van der Waals surface area contributed by atoms with E-state index in [1.165, 1.54) is 12.1 Å². The molecule has 0 aliphatic carbocycles. The van der Waals surface area contributed by atoms with Crippen molar-refractivity contribution in [3.05, 3.63) is 27.3 Å². The molecular weight excluding hydrogens is 327 g/mol. The molecule has 1 heterocycles. The summed E-state index contributed by atoms with van der Waals surface area (Å²) in [6, 6.07) is 2.48. The quantitative estimate of drug-likeness (QED) is 0.598. The number of rotatable bonds is 2. The molecule has 1 aromatic rings. The predicted molar refractivity (Wildman–Crippen MR) is 64.4 cm³/mol. The molecule has 1 aromatic carbocycles. The summed E-state index contributed by atoms with van der Waals surface area (Å²) in [6.45, 7) is 1.61. The average Bonchev–Trinajstić information content (AvgIpc) is 2.68. The van der Waals surface area contributed by atoms with E-state index in [-0.39, 0.29) is 5.69 Å². The molecule has 1 aliphatic heterocycles. The van der Waals surface area contributed by atoms with Gasteiger partial charge in [-0.1, -0.05) is 5.22 Å². The van der Waals surface area contributed by atoms with Crippen LogP contribution >= 0.6 is 22.6 Å². The first kappa shape index (κ1) is 11.7. The van der Waals surface area contributed by atoms with Crippen molar-refractivity contribution < 1.29 is 8.78 Å². The molecule has 6 heteroatoms. The van der Waals surface area contributed by atoms with E-state index in [1.54, 1.807) is 5.01 Å². The van der Waals surface area contributed by atoms with Gasteiger partial charge in [-0.25, -0.2) is 8.78 Å². The maximum atomic E-state index is 13.4. The van der Waals surface area contributed by atoms with Crippen molar-refractivity contribution in [1.29, 1.82) is 0 Å². The van der Waals surface area contributed by atoms with Gasteiger partial charge in [0, 0.05) is 16.7 Å². The van der Waals surface area contributed by atoms with Gasteiger partial charge >= 0.3 is 0 Å². The zero-order valence-electron chi connectivity index (χ0n) is 8.46. The van der Waals surface area contributed by atoms with E-state index in [0.717, 1.165) is 25.9 Å². The van der Waals surface area contributed by atoms with Crippen LogP contribution in [0, 0.1) is 15.2 Å². The zero-order chi connectivity index (χ0) is 11.5. The van der Waals surface area contributed by atoms with E-state index in [0.29, 0.717) is 3.57 Å². The normalized spacial score (nSPS) is 16.3. The molecule has 0 bridgehead atoms. The Morgan fingerprint density at radius 3 is 2.25 bits per heavy atom. The molecule has 3 nitrogen and oxygen atoms in total. The Morgan fingerprint density at radius 1 is 1.12 bits per heavy atom. The van der Waals surface area contributed by atoms with Crippen LogP contribution < -0.4 is 0 Å². The fourth-order valence-corrected chi connectivity index (χ4v) is 2.07. The maximum Gasteiger partial charge on any atom is 0.159 e. The Balaban J connectivity index is 2.20. The van der Waals surface area contributed by atoms with Crippen LogP contribution in [0.5, 0.6) is 0 Å². The lowest BCUT2D eigenvalue weighted by Crippen LogP contribution is -2.09. The minimum absolute atomic E-state index is 0.313. The van der Waals surface area contributed by atoms with Gasteiger partial charge in [0.2, 0.25) is 0 Å². The van der Waals surface area contributed by atoms with Gasteiger partial charge in [0.25, 0.3) is 0 Å². The van der Waals surface area contributed by atoms with E-state index in [1.807, 2.05) is 22.6 Å². The lowest BCUT2D eigenvalue weighted by Gasteiger charge is -2.07. The molecule has 86 valence electrons. The summed E-state index contributed by atoms with van der Waals surface area (Å²) in [4.78, 5) is 0. The Kier molecular flexibility index (Phi) is 3.67. The predicted octanol–water partition coefficient (Wildman–Crippen LogP) is 3.66. The molecule has 1 aliphatic rings. The van der Waals surface area contributed by atoms with Crippen molar-refractivity contribution in [2.24, 2.45) is 10.3 Å². The van der Waals surface area contributed by atoms with Gasteiger partial charge in [0.15, 0.2) is 17.3 Å². The highest BCUT2D eigenvalue weighted by Gasteiger charge is 2.12. The molecular formula is C10H10F2IN3. The smallest absolute Gasteiger partial charge is 0.159 e. The molecule has 1 saturated heterocycles. The number of nitrogens with zero attached hydrogens (tertiary/aromatic N) is 3. The largest absolute Gasteiger partial charge is 0.278 e. The molecule has 1 fully saturated rings. The van der Waals surface area contributed by atoms with Crippen LogP contribution in [0.2, 0.25) is 0 Å². The number of hydrogen-bond donors (Lipinski definition) is 0. The van der Waals surface area contributed by atoms with Crippen LogP contribution in [-0.4, -0.2) is 18.1 Å². The third-order valence-electron chi connectivity index (χ3n) is 2.34. The van der Waals surface area contributed by atoms with Crippen molar-refractivity contribution in [2.45, 2.75) is 12.8 Å². The third kappa shape index (κ3) is 2.66. The van der Waals surface area contributed by atoms with Gasteiger partial charge in [-0.15, -0.1) is 5.11 Å². The van der Waals surface area contributed by atoms with Gasteiger partial charge in [0.1, 0.15) is 0 Å². The molecule has 0 atom stereocenters. The molecule has 0 unspecified atom stereocenters. The summed E-state index contributed by atoms with van der Waals surface area (Å²) in [7, 11) is 0. The fraction of sp³-hybridized carbons (Fsp3) is 0.400. The summed E-state index contributed by atoms with van der Waals surface area (Å²) >= 11 is 1.85. The van der Waals surface area contributed by atoms with Crippen molar-refractivity contribution in [3.8, 4) is 0 Å². The van der Waals surface area contributed by atoms with Gasteiger partial charge < -0.3 is 0 Å². The fourth-order valence-electron chi connectivity index (χ4n) is 1.53. The number of benzene rings is 1. The van der Waals surface area contributed by atoms with Crippen LogP contribution in [0.25, 0.3) is 0 Å². The van der Waals surface area contributed by atoms with Gasteiger partial charge in [-0.2, -0.15) is 0 Å². The van der Waals surface area contributed by atoms with E-state index in [2.05, 4.69) is 10.3 Å². The van der Waals surface area contributed by atoms with Gasteiger partial charge in [0.05, 0.1) is 0 Å². The molecule has 16 heavy (non-hydrogen) atoms. The van der Waals surface area contributed by atoms with Crippen molar-refractivity contribution in [2.75, 3.05) is 13.1 Å². The first-order valence-corrected chi connectivity index (χ1v) is 6.06. The second-order valence-corrected chi connectivity index (χ2v) is 4.81. The minimum atomic E-state index is -0.674. The second-order valence-electron chi connectivity index (χ2n) is 3.57. The lowest BCUT2D eigenvalue weighted by molar-refractivity contribution is 0.335. The van der Waals surface area contributed by atoms with E-state index < -0.39 is 11.6 Å². The SMILES string of the molecule is Fc1cc(I)cc(F)c1/N=N/N1CCCC1. The first-order valence-electron chi connectivity index (χ1n) is 4.98. The molecule has 0 amide bonds. The Bertz CT molecular complexity index is 394. The Labute approximate surface area is 106 Å². The van der Waals surface area contributed by atoms with E-state index >= 15 is 0 Å². The molecule has 0 radical (unpaired) electrons. The van der Waals surface area contributed by atoms with Crippen LogP contribution in [0.4, 0.5) is 14.5 Å². The Morgan fingerprint density at radius 2 is 1.69 bits per heavy atom. The number of hydrogen-bond acceptors (Lipinski definition) is 2. The summed E-state index contributed by atoms with van der Waals surface area (Å²) in [5.74, 6) is -1.35. The third-order valence-corrected chi connectivity index (χ3v) is 2.96. The summed E-state index contributed by atoms with van der Waals surface area (Å²) in [6.07, 6.45) is 2.10. The second kappa shape index (κ2) is 5.03. The maximum absolute atomic E-state index is 13.4. The van der Waals surface area contributed by atoms with E-state index in [4.69, 9.17) is 0 Å². The van der Waals surface area contributed by atoms with Crippen LogP contribution in [0.1, 0.15) is 12.8 Å². The van der Waals surface area contributed by atoms with Crippen molar-refractivity contribution >= 4 is 28.3 Å². The van der Waals surface area contributed by atoms with Crippen LogP contribution in [-0.2, 0) is 0 Å². The van der Waals surface area contributed by atoms with Crippen molar-refractivity contribution in [1.82, 2.24) is 5.01 Å². The van der Waals surface area contributed by atoms with Crippen LogP contribution in [0.3, 0.4) is 0 Å². The van der Waals surface area contributed by atoms with E-state index in [9.17, 15) is 8.78 Å². The molecule has 2 rings (SSSR count). The van der Waals surface area contributed by atoms with Gasteiger partial charge in [-0.3, -0.25) is 5.01 Å². The Hall–Kier alpha value is -0.790. The van der Waals surface area contributed by atoms with Crippen LogP contribution in [0.15, 0.2) is 22.5 Å². The molecule has 0 N–H and O–H groups in total. The topological polar surface area (TPSA) is 28.0 Å². The summed E-state index contributed by atoms with van der Waals surface area (Å²) in [5, 5.41) is 9.17. The molecule has 0 spiro atoms. The average molecular weight is 337 g/mol. The first-order chi connectivity index (χ1) is 7.66. The highest BCUT2D eigenvalue weighted by Crippen LogP contribution is 2.25. The highest BCUT2D eigenvalue weighted by molar-refractivity contribution is 14.1. The summed E-state index contributed by atoms with van der Waals surface area (Å²) < 4.78 is 27.2. The monoisotopic (exact) mass is 337 g/mol. The minimum Gasteiger partial charge on any atom is -0.278 e. The molecule has 0 saturated carbocycles. The highest BCUT2D eigenvalue weighted by atomic mass is 127. The standard InChI is InChI=1S/C10H10F2IN3/c11-8-5-7(13)6-9(12)10(8)14-15-16-3-1-2-4-16/h5-6H,1-4H2/b15-14+. The zero-order valence-corrected chi connectivity index (χ0v) is 10.6. The number of halogens is 3.